The van der Waals surface area contributed by atoms with Crippen molar-refractivity contribution in [2.75, 3.05) is 46.9 Å². The van der Waals surface area contributed by atoms with Crippen LogP contribution in [0.3, 0.4) is 0 Å². The quantitative estimate of drug-likeness (QED) is 0.0275. The first-order valence-corrected chi connectivity index (χ1v) is 27.2. The number of amides is 2. The third-order valence-corrected chi connectivity index (χ3v) is 12.0. The van der Waals surface area contributed by atoms with Gasteiger partial charge in [-0.15, -0.1) is 11.8 Å². The Bertz CT molecular complexity index is 1350. The van der Waals surface area contributed by atoms with Crippen LogP contribution in [0.25, 0.3) is 0 Å². The number of esters is 3. The van der Waals surface area contributed by atoms with Gasteiger partial charge in [0.15, 0.2) is 0 Å². The lowest BCUT2D eigenvalue weighted by atomic mass is 9.83. The Labute approximate surface area is 410 Å². The van der Waals surface area contributed by atoms with E-state index in [-0.39, 0.29) is 87.6 Å². The second kappa shape index (κ2) is 44.9. The van der Waals surface area contributed by atoms with Crippen molar-refractivity contribution in [2.45, 2.75) is 258 Å². The highest BCUT2D eigenvalue weighted by Gasteiger charge is 2.45. The van der Waals surface area contributed by atoms with Gasteiger partial charge in [0.1, 0.15) is 24.9 Å². The molecule has 0 heterocycles. The van der Waals surface area contributed by atoms with E-state index < -0.39 is 5.54 Å². The minimum Gasteiger partial charge on any atom is -0.465 e. The topological polar surface area (TPSA) is 132 Å². The monoisotopic (exact) mass is 942 g/mol. The molecule has 0 atom stereocenters. The highest BCUT2D eigenvalue weighted by atomic mass is 16.5. The standard InChI is InChI=1S/C56H99N3O8/c1-8-13-18-22-24-28-37-50(38-29-25-23-19-14-9-2)67-54(63)40-31-30-39-51(60)59(47-36-46-58(6)7)56(55(64)57-45-17-12-5,43-34-41-52(61)65-48-32-26-20-15-10-3)44-35-42-53(62)66-49-33-27-21-16-11-4/h50H,8-19,22-25,28-49H2,1-7H3,(H,57,64). The van der Waals surface area contributed by atoms with E-state index in [1.54, 1.807) is 4.90 Å². The molecule has 0 rings (SSSR count). The molecule has 2 amide bonds. The number of hydrogen-bond acceptors (Lipinski definition) is 9. The number of hydrogen-bond donors (Lipinski definition) is 1. The Kier molecular flexibility index (Phi) is 42.5. The highest BCUT2D eigenvalue weighted by Crippen LogP contribution is 2.32. The first kappa shape index (κ1) is 63.4. The van der Waals surface area contributed by atoms with Crippen molar-refractivity contribution in [1.29, 1.82) is 0 Å². The molecular formula is C56H99N3O8. The lowest BCUT2D eigenvalue weighted by Crippen LogP contribution is -2.61. The van der Waals surface area contributed by atoms with Crippen LogP contribution >= 0.6 is 0 Å². The van der Waals surface area contributed by atoms with Gasteiger partial charge in [-0.1, -0.05) is 117 Å². The molecule has 0 aliphatic heterocycles. The van der Waals surface area contributed by atoms with Gasteiger partial charge in [-0.05, 0) is 111 Å². The molecule has 0 aromatic rings. The van der Waals surface area contributed by atoms with Gasteiger partial charge in [-0.3, -0.25) is 24.0 Å². The Morgan fingerprint density at radius 3 is 1.45 bits per heavy atom. The largest absolute Gasteiger partial charge is 0.465 e. The Morgan fingerprint density at radius 2 is 0.955 bits per heavy atom. The molecule has 11 heteroatoms. The molecule has 0 unspecified atom stereocenters. The molecule has 386 valence electrons. The zero-order valence-electron chi connectivity index (χ0n) is 44.1. The molecule has 0 saturated heterocycles. The molecular weight excluding hydrogens is 843 g/mol. The number of nitrogens with zero attached hydrogens (tertiary/aromatic N) is 2. The van der Waals surface area contributed by atoms with Gasteiger partial charge in [0.05, 0.1) is 0 Å². The van der Waals surface area contributed by atoms with Crippen molar-refractivity contribution in [1.82, 2.24) is 15.1 Å². The average Bonchev–Trinajstić information content (AvgIpc) is 3.30. The predicted octanol–water partition coefficient (Wildman–Crippen LogP) is 12.2. The van der Waals surface area contributed by atoms with E-state index in [4.69, 9.17) is 14.2 Å². The van der Waals surface area contributed by atoms with E-state index in [0.717, 1.165) is 77.0 Å². The summed E-state index contributed by atoms with van der Waals surface area (Å²) in [5, 5.41) is 3.14. The summed E-state index contributed by atoms with van der Waals surface area (Å²) in [7, 11) is 3.95. The van der Waals surface area contributed by atoms with Crippen molar-refractivity contribution in [3.63, 3.8) is 0 Å². The molecule has 0 aromatic heterocycles. The number of unbranched alkanes of at least 4 members (excludes halogenated alkanes) is 14. The third-order valence-electron chi connectivity index (χ3n) is 12.0. The molecule has 11 nitrogen and oxygen atoms in total. The molecule has 1 N–H and O–H groups in total. The van der Waals surface area contributed by atoms with E-state index in [1.165, 1.54) is 51.4 Å². The summed E-state index contributed by atoms with van der Waals surface area (Å²) < 4.78 is 17.1. The van der Waals surface area contributed by atoms with Crippen LogP contribution in [0.5, 0.6) is 0 Å². The maximum absolute atomic E-state index is 14.7. The van der Waals surface area contributed by atoms with Gasteiger partial charge in [-0.25, -0.2) is 0 Å². The Hall–Kier alpha value is -3.57. The van der Waals surface area contributed by atoms with Gasteiger partial charge in [0.2, 0.25) is 11.8 Å². The summed E-state index contributed by atoms with van der Waals surface area (Å²) >= 11 is 0. The Morgan fingerprint density at radius 1 is 0.493 bits per heavy atom. The van der Waals surface area contributed by atoms with Crippen molar-refractivity contribution in [3.8, 4) is 23.7 Å². The van der Waals surface area contributed by atoms with E-state index in [0.29, 0.717) is 64.6 Å². The van der Waals surface area contributed by atoms with Gasteiger partial charge in [0.25, 0.3) is 0 Å². The molecule has 0 bridgehead atoms. The minimum absolute atomic E-state index is 0.0704. The van der Waals surface area contributed by atoms with Crippen LogP contribution in [-0.2, 0) is 38.2 Å². The fraction of sp³-hybridized carbons (Fsp3) is 0.839. The summed E-state index contributed by atoms with van der Waals surface area (Å²) in [5.74, 6) is 10.8. The zero-order valence-corrected chi connectivity index (χ0v) is 44.1. The summed E-state index contributed by atoms with van der Waals surface area (Å²) in [6.45, 7) is 12.5. The molecule has 0 aliphatic rings. The highest BCUT2D eigenvalue weighted by molar-refractivity contribution is 5.91. The average molecular weight is 942 g/mol. The smallest absolute Gasteiger partial charge is 0.306 e. The number of ether oxygens (including phenoxy) is 3. The normalized spacial score (nSPS) is 11.1. The molecule has 0 radical (unpaired) electrons. The van der Waals surface area contributed by atoms with Crippen molar-refractivity contribution < 1.29 is 38.2 Å². The maximum Gasteiger partial charge on any atom is 0.306 e. The lowest BCUT2D eigenvalue weighted by Gasteiger charge is -2.43. The van der Waals surface area contributed by atoms with Crippen LogP contribution in [0.15, 0.2) is 0 Å². The lowest BCUT2D eigenvalue weighted by molar-refractivity contribution is -0.152. The van der Waals surface area contributed by atoms with Crippen LogP contribution in [0, 0.1) is 23.7 Å². The van der Waals surface area contributed by atoms with Crippen molar-refractivity contribution >= 4 is 29.7 Å². The number of nitrogens with one attached hydrogen (secondary N) is 1. The predicted molar refractivity (Wildman–Crippen MR) is 274 cm³/mol. The van der Waals surface area contributed by atoms with E-state index in [2.05, 4.69) is 68.5 Å². The van der Waals surface area contributed by atoms with Crippen LogP contribution in [0.4, 0.5) is 0 Å². The molecule has 0 aliphatic carbocycles. The van der Waals surface area contributed by atoms with Gasteiger partial charge < -0.3 is 29.3 Å². The van der Waals surface area contributed by atoms with Gasteiger partial charge in [0, 0.05) is 64.5 Å². The van der Waals surface area contributed by atoms with Crippen molar-refractivity contribution in [2.24, 2.45) is 0 Å². The molecule has 0 spiro atoms. The van der Waals surface area contributed by atoms with E-state index in [9.17, 15) is 24.0 Å². The molecule has 0 aromatic carbocycles. The number of carbonyl (C=O) groups excluding carboxylic acids is 5. The van der Waals surface area contributed by atoms with Crippen LogP contribution in [-0.4, -0.2) is 98.1 Å². The second-order valence-electron chi connectivity index (χ2n) is 18.6. The fourth-order valence-electron chi connectivity index (χ4n) is 8.13. The summed E-state index contributed by atoms with van der Waals surface area (Å²) in [6.07, 6.45) is 25.4. The zero-order chi connectivity index (χ0) is 49.6. The van der Waals surface area contributed by atoms with E-state index in [1.807, 2.05) is 14.1 Å². The molecule has 67 heavy (non-hydrogen) atoms. The summed E-state index contributed by atoms with van der Waals surface area (Å²) in [6, 6.07) is 0. The Balaban J connectivity index is 6.29. The van der Waals surface area contributed by atoms with Crippen LogP contribution < -0.4 is 5.32 Å². The summed E-state index contributed by atoms with van der Waals surface area (Å²) in [4.78, 5) is 72.3. The van der Waals surface area contributed by atoms with Crippen LogP contribution in [0.2, 0.25) is 0 Å². The first-order chi connectivity index (χ1) is 32.5. The second-order valence-corrected chi connectivity index (χ2v) is 18.6. The first-order valence-electron chi connectivity index (χ1n) is 27.2. The number of rotatable bonds is 43. The van der Waals surface area contributed by atoms with E-state index >= 15 is 0 Å². The summed E-state index contributed by atoms with van der Waals surface area (Å²) in [5.41, 5.74) is -1.33. The fourth-order valence-corrected chi connectivity index (χ4v) is 8.13. The van der Waals surface area contributed by atoms with Crippen LogP contribution in [0.1, 0.15) is 247 Å². The maximum atomic E-state index is 14.7. The molecule has 0 saturated carbocycles. The number of carbonyl (C=O) groups is 5. The minimum atomic E-state index is -1.33. The SMILES string of the molecule is CCCC#CCCOC(=O)CCCC(CCCC(=O)OCCC#CCCC)(C(=O)NCCCC)N(CCCN(C)C)C(=O)CCCCC(=O)OC(CCCCCCCC)CCCCCCCC. The van der Waals surface area contributed by atoms with Gasteiger partial charge >= 0.3 is 17.9 Å². The third kappa shape index (κ3) is 35.2. The molecule has 0 fully saturated rings. The van der Waals surface area contributed by atoms with Crippen molar-refractivity contribution in [3.05, 3.63) is 0 Å². The van der Waals surface area contributed by atoms with Gasteiger partial charge in [-0.2, -0.15) is 0 Å².